The van der Waals surface area contributed by atoms with E-state index in [0.29, 0.717) is 12.0 Å². The first-order valence-corrected chi connectivity index (χ1v) is 7.37. The Balaban J connectivity index is 1.92. The van der Waals surface area contributed by atoms with Crippen molar-refractivity contribution in [1.82, 2.24) is 15.1 Å². The molecular weight excluding hydrogens is 234 g/mol. The number of aromatic amines is 1. The molecule has 3 rings (SSSR count). The predicted molar refractivity (Wildman–Crippen MR) is 78.3 cm³/mol. The van der Waals surface area contributed by atoms with Gasteiger partial charge in [-0.1, -0.05) is 12.2 Å². The van der Waals surface area contributed by atoms with E-state index in [2.05, 4.69) is 28.3 Å². The summed E-state index contributed by atoms with van der Waals surface area (Å²) in [6, 6.07) is 0.681. The second kappa shape index (κ2) is 5.33. The molecule has 0 unspecified atom stereocenters. The van der Waals surface area contributed by atoms with Crippen LogP contribution in [0.3, 0.4) is 0 Å². The fourth-order valence-corrected chi connectivity index (χ4v) is 3.88. The molecule has 1 fully saturated rings. The van der Waals surface area contributed by atoms with Gasteiger partial charge in [0.25, 0.3) is 0 Å². The zero-order valence-electron chi connectivity index (χ0n) is 11.6. The largest absolute Gasteiger partial charge is 0.296 e. The average Bonchev–Trinajstić information content (AvgIpc) is 2.84. The molecule has 19 heavy (non-hydrogen) atoms. The Morgan fingerprint density at radius 1 is 1.32 bits per heavy atom. The highest BCUT2D eigenvalue weighted by Crippen LogP contribution is 2.41. The van der Waals surface area contributed by atoms with Gasteiger partial charge in [0.1, 0.15) is 0 Å². The third-order valence-electron chi connectivity index (χ3n) is 4.62. The van der Waals surface area contributed by atoms with Crippen molar-refractivity contribution in [3.05, 3.63) is 42.3 Å². The van der Waals surface area contributed by atoms with Gasteiger partial charge in [0.2, 0.25) is 0 Å². The van der Waals surface area contributed by atoms with Crippen molar-refractivity contribution in [3.8, 4) is 0 Å². The number of aryl methyl sites for hydroxylation is 1. The van der Waals surface area contributed by atoms with E-state index in [4.69, 9.17) is 0 Å². The van der Waals surface area contributed by atoms with E-state index in [0.717, 1.165) is 19.4 Å². The van der Waals surface area contributed by atoms with Crippen LogP contribution in [0.15, 0.2) is 25.3 Å². The molecule has 0 radical (unpaired) electrons. The number of allylic oxidation sites excluding steroid dienone is 1. The van der Waals surface area contributed by atoms with Gasteiger partial charge in [-0.2, -0.15) is 5.10 Å². The summed E-state index contributed by atoms with van der Waals surface area (Å²) in [5, 5.41) is 7.76. The maximum atomic E-state index is 4.53. The summed E-state index contributed by atoms with van der Waals surface area (Å²) in [7, 11) is 0. The van der Waals surface area contributed by atoms with Gasteiger partial charge in [0.15, 0.2) is 0 Å². The third-order valence-corrected chi connectivity index (χ3v) is 4.62. The number of H-pyrrole nitrogens is 1. The van der Waals surface area contributed by atoms with Gasteiger partial charge in [-0.25, -0.2) is 0 Å². The summed E-state index contributed by atoms with van der Waals surface area (Å²) in [4.78, 5) is 2.61. The predicted octanol–water partition coefficient (Wildman–Crippen LogP) is 2.82. The van der Waals surface area contributed by atoms with Gasteiger partial charge in [-0.15, -0.1) is 13.2 Å². The molecule has 0 bridgehead atoms. The molecule has 0 saturated carbocycles. The third kappa shape index (κ3) is 2.16. The number of fused-ring (bicyclic) bond motifs is 3. The lowest BCUT2D eigenvalue weighted by Gasteiger charge is -2.43. The van der Waals surface area contributed by atoms with Gasteiger partial charge < -0.3 is 0 Å². The van der Waals surface area contributed by atoms with E-state index in [-0.39, 0.29) is 0 Å². The number of hydrogen-bond acceptors (Lipinski definition) is 2. The van der Waals surface area contributed by atoms with Crippen molar-refractivity contribution in [2.45, 2.75) is 44.1 Å². The molecule has 2 atom stereocenters. The van der Waals surface area contributed by atoms with Crippen LogP contribution in [0.1, 0.15) is 42.1 Å². The van der Waals surface area contributed by atoms with E-state index >= 15 is 0 Å². The Kier molecular flexibility index (Phi) is 3.56. The van der Waals surface area contributed by atoms with Crippen LogP contribution in [-0.4, -0.2) is 34.2 Å². The number of aromatic nitrogens is 2. The number of hydrogen-bond donors (Lipinski definition) is 1. The topological polar surface area (TPSA) is 31.9 Å². The highest BCUT2D eigenvalue weighted by atomic mass is 15.2. The normalized spacial score (nSPS) is 26.5. The van der Waals surface area contributed by atoms with Crippen molar-refractivity contribution in [2.24, 2.45) is 0 Å². The van der Waals surface area contributed by atoms with Crippen LogP contribution in [0.5, 0.6) is 0 Å². The highest BCUT2D eigenvalue weighted by Gasteiger charge is 2.38. The van der Waals surface area contributed by atoms with Crippen molar-refractivity contribution in [3.63, 3.8) is 0 Å². The average molecular weight is 257 g/mol. The van der Waals surface area contributed by atoms with Gasteiger partial charge in [0, 0.05) is 36.2 Å². The monoisotopic (exact) mass is 257 g/mol. The number of piperidine rings is 1. The fourth-order valence-electron chi connectivity index (χ4n) is 3.88. The number of rotatable bonds is 4. The van der Waals surface area contributed by atoms with Crippen LogP contribution in [-0.2, 0) is 12.8 Å². The number of nitrogens with one attached hydrogen (secondary N) is 1. The van der Waals surface area contributed by atoms with E-state index in [9.17, 15) is 0 Å². The summed E-state index contributed by atoms with van der Waals surface area (Å²) in [5.74, 6) is 0.658. The minimum atomic E-state index is 0.658. The number of likely N-dealkylation sites (tertiary alicyclic amines) is 1. The van der Waals surface area contributed by atoms with Gasteiger partial charge in [-0.05, 0) is 32.2 Å². The molecule has 0 aromatic carbocycles. The summed E-state index contributed by atoms with van der Waals surface area (Å²) >= 11 is 0. The molecule has 2 heterocycles. The van der Waals surface area contributed by atoms with Gasteiger partial charge >= 0.3 is 0 Å². The maximum absolute atomic E-state index is 4.53. The Morgan fingerprint density at radius 3 is 3.00 bits per heavy atom. The molecule has 0 amide bonds. The molecule has 1 aromatic rings. The molecule has 1 N–H and O–H groups in total. The fraction of sp³-hybridized carbons (Fsp3) is 0.562. The molecule has 1 aliphatic carbocycles. The van der Waals surface area contributed by atoms with E-state index in [1.807, 2.05) is 12.2 Å². The minimum Gasteiger partial charge on any atom is -0.296 e. The molecular formula is C16H23N3. The Morgan fingerprint density at radius 2 is 2.21 bits per heavy atom. The standard InChI is InChI=1S/C16H23N3/c1-3-6-13-16-12-7-5-11-19(10-4-2)15(12)9-8-14(16)18-17-13/h3-4,12,15H,1-2,5-11H2,(H,17,18)/t12-,15+/m0/s1. The van der Waals surface area contributed by atoms with Crippen LogP contribution in [0, 0.1) is 0 Å². The van der Waals surface area contributed by atoms with E-state index < -0.39 is 0 Å². The molecule has 3 heteroatoms. The lowest BCUT2D eigenvalue weighted by Crippen LogP contribution is -2.46. The van der Waals surface area contributed by atoms with Gasteiger partial charge in [0.05, 0.1) is 5.69 Å². The van der Waals surface area contributed by atoms with Crippen molar-refractivity contribution < 1.29 is 0 Å². The van der Waals surface area contributed by atoms with Crippen molar-refractivity contribution >= 4 is 0 Å². The highest BCUT2D eigenvalue weighted by molar-refractivity contribution is 5.35. The molecule has 1 saturated heterocycles. The van der Waals surface area contributed by atoms with Gasteiger partial charge in [-0.3, -0.25) is 10.00 Å². The van der Waals surface area contributed by atoms with Crippen LogP contribution in [0.2, 0.25) is 0 Å². The second-order valence-electron chi connectivity index (χ2n) is 5.69. The SMILES string of the molecule is C=CCc1[nH]nc2c1[C@H]1CCCN(CC=C)[C@@H]1CC2. The Labute approximate surface area is 115 Å². The van der Waals surface area contributed by atoms with E-state index in [1.54, 1.807) is 0 Å². The zero-order valence-corrected chi connectivity index (χ0v) is 11.6. The zero-order chi connectivity index (χ0) is 13.2. The van der Waals surface area contributed by atoms with Crippen LogP contribution < -0.4 is 0 Å². The lowest BCUT2D eigenvalue weighted by atomic mass is 9.75. The molecule has 102 valence electrons. The van der Waals surface area contributed by atoms with Crippen molar-refractivity contribution in [1.29, 1.82) is 0 Å². The summed E-state index contributed by atoms with van der Waals surface area (Å²) in [6.07, 6.45) is 9.86. The van der Waals surface area contributed by atoms with Crippen molar-refractivity contribution in [2.75, 3.05) is 13.1 Å². The second-order valence-corrected chi connectivity index (χ2v) is 5.69. The lowest BCUT2D eigenvalue weighted by molar-refractivity contribution is 0.126. The maximum Gasteiger partial charge on any atom is 0.0661 e. The Bertz CT molecular complexity index is 474. The smallest absolute Gasteiger partial charge is 0.0661 e. The molecule has 0 spiro atoms. The number of nitrogens with zero attached hydrogens (tertiary/aromatic N) is 2. The quantitative estimate of drug-likeness (QED) is 0.841. The molecule has 3 nitrogen and oxygen atoms in total. The first kappa shape index (κ1) is 12.7. The molecule has 1 aromatic heterocycles. The van der Waals surface area contributed by atoms with Crippen LogP contribution in [0.25, 0.3) is 0 Å². The molecule has 2 aliphatic rings. The van der Waals surface area contributed by atoms with Crippen LogP contribution >= 0.6 is 0 Å². The van der Waals surface area contributed by atoms with Crippen LogP contribution in [0.4, 0.5) is 0 Å². The summed E-state index contributed by atoms with van der Waals surface area (Å²) in [6.45, 7) is 10.0. The molecule has 1 aliphatic heterocycles. The minimum absolute atomic E-state index is 0.658. The van der Waals surface area contributed by atoms with E-state index in [1.165, 1.54) is 42.8 Å². The summed E-state index contributed by atoms with van der Waals surface area (Å²) < 4.78 is 0. The Hall–Kier alpha value is -1.35. The summed E-state index contributed by atoms with van der Waals surface area (Å²) in [5.41, 5.74) is 4.10. The first-order chi connectivity index (χ1) is 9.35. The first-order valence-electron chi connectivity index (χ1n) is 7.37.